The molecular formula is C27H25FN6O4. The van der Waals surface area contributed by atoms with Gasteiger partial charge in [-0.25, -0.2) is 19.2 Å². The number of rotatable bonds is 5. The second-order valence-electron chi connectivity index (χ2n) is 9.66. The van der Waals surface area contributed by atoms with E-state index in [9.17, 15) is 24.2 Å². The van der Waals surface area contributed by atoms with E-state index in [-0.39, 0.29) is 23.5 Å². The minimum Gasteiger partial charge on any atom is -0.477 e. The lowest BCUT2D eigenvalue weighted by Crippen LogP contribution is -2.22. The minimum atomic E-state index is -1.31. The van der Waals surface area contributed by atoms with E-state index < -0.39 is 17.2 Å². The number of aliphatic hydroxyl groups excluding tert-OH is 1. The summed E-state index contributed by atoms with van der Waals surface area (Å²) in [6, 6.07) is 4.52. The van der Waals surface area contributed by atoms with Gasteiger partial charge in [0.1, 0.15) is 22.7 Å². The van der Waals surface area contributed by atoms with Gasteiger partial charge in [0.25, 0.3) is 0 Å². The number of halogens is 1. The topological polar surface area (TPSA) is 136 Å². The third-order valence-electron chi connectivity index (χ3n) is 7.35. The Morgan fingerprint density at radius 3 is 2.76 bits per heavy atom. The maximum absolute atomic E-state index is 14.7. The third kappa shape index (κ3) is 3.58. The summed E-state index contributed by atoms with van der Waals surface area (Å²) < 4.78 is 16.2. The van der Waals surface area contributed by atoms with Crippen LogP contribution in [0.2, 0.25) is 0 Å². The molecule has 0 radical (unpaired) electrons. The van der Waals surface area contributed by atoms with Crippen molar-refractivity contribution in [1.29, 1.82) is 0 Å². The zero-order valence-corrected chi connectivity index (χ0v) is 20.7. The lowest BCUT2D eigenvalue weighted by atomic mass is 10.0. The SMILES string of the molecule is CNc1cc(F)cc2c1[nH]c1ncc(-c3cnc4c(c3)c(=O)c(C(=O)O)cn4C)c(N3CCC(CO)C3)c12. The number of aromatic nitrogens is 4. The number of H-pyrrole nitrogens is 1. The van der Waals surface area contributed by atoms with Crippen molar-refractivity contribution >= 4 is 50.3 Å². The van der Waals surface area contributed by atoms with Crippen molar-refractivity contribution in [2.45, 2.75) is 6.42 Å². The Bertz CT molecular complexity index is 1830. The van der Waals surface area contributed by atoms with Crippen molar-refractivity contribution < 1.29 is 19.4 Å². The molecule has 5 aromatic rings. The van der Waals surface area contributed by atoms with E-state index in [0.717, 1.165) is 17.5 Å². The molecule has 6 rings (SSSR count). The average molecular weight is 517 g/mol. The molecule has 1 unspecified atom stereocenters. The number of carbonyl (C=O) groups is 1. The van der Waals surface area contributed by atoms with E-state index in [2.05, 4.69) is 25.2 Å². The molecule has 1 aliphatic rings. The number of pyridine rings is 3. The maximum Gasteiger partial charge on any atom is 0.341 e. The van der Waals surface area contributed by atoms with Gasteiger partial charge in [0.2, 0.25) is 5.43 Å². The number of nitrogens with one attached hydrogen (secondary N) is 2. The van der Waals surface area contributed by atoms with Gasteiger partial charge in [-0.2, -0.15) is 0 Å². The van der Waals surface area contributed by atoms with E-state index in [1.54, 1.807) is 32.6 Å². The Morgan fingerprint density at radius 1 is 1.24 bits per heavy atom. The number of benzene rings is 1. The lowest BCUT2D eigenvalue weighted by Gasteiger charge is -2.23. The molecule has 0 spiro atoms. The van der Waals surface area contributed by atoms with Crippen molar-refractivity contribution in [2.75, 3.05) is 37.0 Å². The van der Waals surface area contributed by atoms with Crippen LogP contribution in [0.3, 0.4) is 0 Å². The molecule has 0 bridgehead atoms. The van der Waals surface area contributed by atoms with E-state index in [1.165, 1.54) is 22.9 Å². The van der Waals surface area contributed by atoms with E-state index in [1.807, 2.05) is 0 Å². The summed E-state index contributed by atoms with van der Waals surface area (Å²) in [5, 5.41) is 23.9. The highest BCUT2D eigenvalue weighted by Crippen LogP contribution is 2.43. The summed E-state index contributed by atoms with van der Waals surface area (Å²) in [6.45, 7) is 1.32. The molecule has 1 aromatic carbocycles. The van der Waals surface area contributed by atoms with Crippen LogP contribution in [0.25, 0.3) is 44.1 Å². The number of aromatic amines is 1. The van der Waals surface area contributed by atoms with Gasteiger partial charge in [0, 0.05) is 74.8 Å². The monoisotopic (exact) mass is 516 g/mol. The van der Waals surface area contributed by atoms with Crippen LogP contribution < -0.4 is 15.6 Å². The number of aryl methyl sites for hydroxylation is 1. The Kier molecular flexibility index (Phi) is 5.53. The molecule has 10 nitrogen and oxygen atoms in total. The van der Waals surface area contributed by atoms with Gasteiger partial charge in [-0.3, -0.25) is 4.79 Å². The van der Waals surface area contributed by atoms with Gasteiger partial charge in [-0.05, 0) is 24.6 Å². The van der Waals surface area contributed by atoms with Crippen LogP contribution in [0.15, 0.2) is 41.6 Å². The Balaban J connectivity index is 1.68. The number of nitrogens with zero attached hydrogens (tertiary/aromatic N) is 4. The molecule has 194 valence electrons. The van der Waals surface area contributed by atoms with Crippen molar-refractivity contribution in [3.05, 3.63) is 58.4 Å². The number of carboxylic acids is 1. The van der Waals surface area contributed by atoms with Crippen molar-refractivity contribution in [3.8, 4) is 11.1 Å². The first-order valence-corrected chi connectivity index (χ1v) is 12.2. The zero-order chi connectivity index (χ0) is 26.7. The van der Waals surface area contributed by atoms with E-state index >= 15 is 0 Å². The fraction of sp³-hybridized carbons (Fsp3) is 0.259. The first-order chi connectivity index (χ1) is 18.3. The van der Waals surface area contributed by atoms with Gasteiger partial charge >= 0.3 is 5.97 Å². The summed E-state index contributed by atoms with van der Waals surface area (Å²) in [6.07, 6.45) is 5.36. The fourth-order valence-corrected chi connectivity index (χ4v) is 5.49. The molecule has 38 heavy (non-hydrogen) atoms. The highest BCUT2D eigenvalue weighted by atomic mass is 19.1. The standard InChI is InChI=1S/C27H25FN6O4/c1-29-20-7-15(28)6-16-21-23(34-4-3-13(10-34)12-35)18(9-30-25(21)32-22(16)20)14-5-17-24(36)19(27(37)38)11-33(2)26(17)31-8-14/h5-9,11,13,29,35H,3-4,10,12H2,1-2H3,(H,30,32)(H,37,38). The van der Waals surface area contributed by atoms with Crippen LogP contribution >= 0.6 is 0 Å². The van der Waals surface area contributed by atoms with E-state index in [0.29, 0.717) is 52.1 Å². The molecular weight excluding hydrogens is 491 g/mol. The second-order valence-corrected chi connectivity index (χ2v) is 9.66. The van der Waals surface area contributed by atoms with Crippen LogP contribution in [0.4, 0.5) is 15.8 Å². The Hall–Kier alpha value is -4.51. The normalized spacial score (nSPS) is 15.7. The smallest absolute Gasteiger partial charge is 0.341 e. The third-order valence-corrected chi connectivity index (χ3v) is 7.35. The Labute approximate surface area is 215 Å². The summed E-state index contributed by atoms with van der Waals surface area (Å²) in [7, 11) is 3.36. The van der Waals surface area contributed by atoms with Gasteiger partial charge in [-0.15, -0.1) is 0 Å². The lowest BCUT2D eigenvalue weighted by molar-refractivity contribution is 0.0695. The van der Waals surface area contributed by atoms with Gasteiger partial charge in [0.15, 0.2) is 0 Å². The van der Waals surface area contributed by atoms with Crippen molar-refractivity contribution in [2.24, 2.45) is 13.0 Å². The number of hydrogen-bond acceptors (Lipinski definition) is 7. The minimum absolute atomic E-state index is 0.0536. The summed E-state index contributed by atoms with van der Waals surface area (Å²) in [4.78, 5) is 39.3. The quantitative estimate of drug-likeness (QED) is 0.279. The first-order valence-electron chi connectivity index (χ1n) is 12.2. The number of anilines is 2. The molecule has 0 aliphatic carbocycles. The predicted molar refractivity (Wildman–Crippen MR) is 143 cm³/mol. The van der Waals surface area contributed by atoms with Crippen LogP contribution in [-0.2, 0) is 7.05 Å². The number of hydrogen-bond donors (Lipinski definition) is 4. The first kappa shape index (κ1) is 23.9. The highest BCUT2D eigenvalue weighted by molar-refractivity contribution is 6.18. The maximum atomic E-state index is 14.7. The van der Waals surface area contributed by atoms with Crippen LogP contribution in [-0.4, -0.2) is 62.4 Å². The predicted octanol–water partition coefficient (Wildman–Crippen LogP) is 3.33. The summed E-state index contributed by atoms with van der Waals surface area (Å²) in [5.74, 6) is -1.62. The zero-order valence-electron chi connectivity index (χ0n) is 20.7. The molecule has 0 amide bonds. The molecule has 11 heteroatoms. The van der Waals surface area contributed by atoms with E-state index in [4.69, 9.17) is 0 Å². The number of fused-ring (bicyclic) bond motifs is 4. The van der Waals surface area contributed by atoms with Crippen LogP contribution in [0.1, 0.15) is 16.8 Å². The fourth-order valence-electron chi connectivity index (χ4n) is 5.49. The molecule has 1 fully saturated rings. The van der Waals surface area contributed by atoms with Gasteiger partial charge in [-0.1, -0.05) is 0 Å². The van der Waals surface area contributed by atoms with Crippen LogP contribution in [0, 0.1) is 11.7 Å². The number of aromatic carboxylic acids is 1. The largest absolute Gasteiger partial charge is 0.477 e. The average Bonchev–Trinajstić information content (AvgIpc) is 3.54. The highest BCUT2D eigenvalue weighted by Gasteiger charge is 2.28. The van der Waals surface area contributed by atoms with Crippen molar-refractivity contribution in [3.63, 3.8) is 0 Å². The van der Waals surface area contributed by atoms with Gasteiger partial charge in [0.05, 0.1) is 27.7 Å². The van der Waals surface area contributed by atoms with Crippen molar-refractivity contribution in [1.82, 2.24) is 19.5 Å². The number of carboxylic acid groups (broad SMARTS) is 1. The molecule has 0 saturated carbocycles. The molecule has 1 atom stereocenters. The molecule has 1 saturated heterocycles. The second kappa shape index (κ2) is 8.80. The van der Waals surface area contributed by atoms with Gasteiger partial charge < -0.3 is 30.0 Å². The molecule has 4 aromatic heterocycles. The summed E-state index contributed by atoms with van der Waals surface area (Å²) >= 11 is 0. The molecule has 5 heterocycles. The number of aliphatic hydroxyl groups is 1. The Morgan fingerprint density at radius 2 is 2.05 bits per heavy atom. The molecule has 1 aliphatic heterocycles. The van der Waals surface area contributed by atoms with Crippen LogP contribution in [0.5, 0.6) is 0 Å². The summed E-state index contributed by atoms with van der Waals surface area (Å²) in [5.41, 5.74) is 3.31. The molecule has 4 N–H and O–H groups in total.